The molecule has 0 fully saturated rings. The molecule has 0 rings (SSSR count). The maximum Gasteiger partial charge on any atom is 1.00 e. The van der Waals surface area contributed by atoms with E-state index in [9.17, 15) is 9.59 Å². The van der Waals surface area contributed by atoms with Gasteiger partial charge in [0, 0.05) is 0 Å². The Labute approximate surface area is 114 Å². The van der Waals surface area contributed by atoms with Crippen LogP contribution in [0.25, 0.3) is 0 Å². The summed E-state index contributed by atoms with van der Waals surface area (Å²) in [5.41, 5.74) is 0. The van der Waals surface area contributed by atoms with Crippen LogP contribution in [0.4, 0.5) is 0 Å². The molecule has 4 nitrogen and oxygen atoms in total. The van der Waals surface area contributed by atoms with E-state index in [-0.39, 0.29) is 49.8 Å². The Balaban J connectivity index is -0.0000000347. The van der Waals surface area contributed by atoms with Crippen molar-refractivity contribution in [3.8, 4) is 0 Å². The molecule has 0 aromatic rings. The van der Waals surface area contributed by atoms with Gasteiger partial charge in [0.25, 0.3) is 0 Å². The predicted molar refractivity (Wildman–Crippen MR) is 41.3 cm³/mol. The number of carboxylic acid groups (broad SMARTS) is 2. The number of carboxylic acids is 2. The zero-order valence-corrected chi connectivity index (χ0v) is 10.5. The largest absolute Gasteiger partial charge is 1.00 e. The van der Waals surface area contributed by atoms with Gasteiger partial charge in [0.15, 0.2) is 0 Å². The fourth-order valence-corrected chi connectivity index (χ4v) is 0.129. The molecule has 0 heterocycles. The quantitative estimate of drug-likeness (QED) is 0.267. The minimum absolute atomic E-state index is 0. The van der Waals surface area contributed by atoms with Crippen LogP contribution in [-0.4, -0.2) is 22.2 Å². The van der Waals surface area contributed by atoms with E-state index in [1.54, 1.807) is 0 Å². The van der Waals surface area contributed by atoms with Crippen molar-refractivity contribution in [2.45, 2.75) is 26.2 Å². The van der Waals surface area contributed by atoms with Crippen LogP contribution in [0.3, 0.4) is 0 Å². The van der Waals surface area contributed by atoms with Gasteiger partial charge in [0.2, 0.25) is 0 Å². The average molecular weight is 192 g/mol. The molecule has 0 aliphatic heterocycles. The molecule has 0 saturated heterocycles. The molecule has 0 aliphatic rings. The summed E-state index contributed by atoms with van der Waals surface area (Å²) < 4.78 is 0. The van der Waals surface area contributed by atoms with E-state index in [4.69, 9.17) is 10.2 Å². The zero-order chi connectivity index (χ0) is 9.28. The standard InChI is InChI=1S/C4H9.C3H4O4.Li.Na.H/c1-3-4-2;4-2(5)1-3(6)7;;;/h1,3-4H2,2H3;1H2,(H,4,5)(H,6,7);;;/q-1;;2*+1;-1. The smallest absolute Gasteiger partial charge is 1.00 e. The first-order chi connectivity index (χ1) is 5.04. The minimum Gasteiger partial charge on any atom is -1.00 e. The summed E-state index contributed by atoms with van der Waals surface area (Å²) >= 11 is 0. The first-order valence-electron chi connectivity index (χ1n) is 3.27. The third-order valence-corrected chi connectivity index (χ3v) is 0.656. The molecule has 68 valence electrons. The van der Waals surface area contributed by atoms with Gasteiger partial charge in [-0.1, -0.05) is 13.3 Å². The molecule has 0 aliphatic carbocycles. The second-order valence-electron chi connectivity index (χ2n) is 1.82. The van der Waals surface area contributed by atoms with E-state index < -0.39 is 18.4 Å². The van der Waals surface area contributed by atoms with Crippen LogP contribution in [0.1, 0.15) is 27.6 Å². The van der Waals surface area contributed by atoms with Gasteiger partial charge < -0.3 is 18.6 Å². The summed E-state index contributed by atoms with van der Waals surface area (Å²) in [6.07, 6.45) is 1.47. The van der Waals surface area contributed by atoms with Gasteiger partial charge >= 0.3 is 60.4 Å². The van der Waals surface area contributed by atoms with E-state index in [0.29, 0.717) is 0 Å². The van der Waals surface area contributed by atoms with Crippen molar-refractivity contribution >= 4 is 11.9 Å². The van der Waals surface area contributed by atoms with E-state index in [1.165, 1.54) is 6.42 Å². The van der Waals surface area contributed by atoms with Crippen LogP contribution in [0, 0.1) is 6.92 Å². The van der Waals surface area contributed by atoms with Crippen molar-refractivity contribution in [2.24, 2.45) is 0 Å². The Morgan fingerprint density at radius 3 is 1.54 bits per heavy atom. The van der Waals surface area contributed by atoms with Crippen molar-refractivity contribution < 1.29 is 69.6 Å². The number of carbonyl (C=O) groups is 2. The van der Waals surface area contributed by atoms with Gasteiger partial charge in [-0.2, -0.15) is 6.42 Å². The third kappa shape index (κ3) is 45.4. The maximum absolute atomic E-state index is 9.43. The van der Waals surface area contributed by atoms with Crippen LogP contribution in [-0.2, 0) is 9.59 Å². The molecule has 0 atom stereocenters. The first kappa shape index (κ1) is 23.4. The molecule has 6 heteroatoms. The van der Waals surface area contributed by atoms with Gasteiger partial charge in [0.05, 0.1) is 0 Å². The summed E-state index contributed by atoms with van der Waals surface area (Å²) in [4.78, 5) is 18.9. The topological polar surface area (TPSA) is 74.6 Å². The van der Waals surface area contributed by atoms with E-state index in [1.807, 2.05) is 0 Å². The number of hydrogen-bond acceptors (Lipinski definition) is 2. The SMILES string of the molecule is O=C(O)CC(=O)O.[CH2-]CCC.[H-].[Li+].[Na+]. The molecule has 0 aromatic heterocycles. The van der Waals surface area contributed by atoms with Crippen LogP contribution in [0.5, 0.6) is 0 Å². The molecule has 2 N–H and O–H groups in total. The first-order valence-corrected chi connectivity index (χ1v) is 3.27. The van der Waals surface area contributed by atoms with E-state index in [0.717, 1.165) is 6.42 Å². The molecule has 0 aromatic carbocycles. The Morgan fingerprint density at radius 2 is 1.54 bits per heavy atom. The second kappa shape index (κ2) is 18.3. The van der Waals surface area contributed by atoms with Crippen LogP contribution in [0.15, 0.2) is 0 Å². The fraction of sp³-hybridized carbons (Fsp3) is 0.571. The van der Waals surface area contributed by atoms with Gasteiger partial charge in [-0.15, -0.1) is 0 Å². The molecule has 0 radical (unpaired) electrons. The van der Waals surface area contributed by atoms with Crippen LogP contribution < -0.4 is 48.4 Å². The van der Waals surface area contributed by atoms with Gasteiger partial charge in [-0.3, -0.25) is 9.59 Å². The third-order valence-electron chi connectivity index (χ3n) is 0.656. The Morgan fingerprint density at radius 1 is 1.31 bits per heavy atom. The predicted octanol–water partition coefficient (Wildman–Crippen LogP) is -4.71. The zero-order valence-electron chi connectivity index (χ0n) is 9.54. The average Bonchev–Trinajstić information content (AvgIpc) is 1.85. The number of rotatable bonds is 3. The number of aliphatic carboxylic acids is 2. The molecule has 0 bridgehead atoms. The Bertz CT molecular complexity index is 121. The summed E-state index contributed by atoms with van der Waals surface area (Å²) in [7, 11) is 0. The molecule has 0 saturated carbocycles. The molecule has 0 spiro atoms. The Kier molecular flexibility index (Phi) is 33.0. The van der Waals surface area contributed by atoms with Crippen molar-refractivity contribution in [1.82, 2.24) is 0 Å². The van der Waals surface area contributed by atoms with Gasteiger partial charge in [-0.25, -0.2) is 0 Å². The molecule has 0 amide bonds. The molecular formula is C7H14LiNaO4. The normalized spacial score (nSPS) is 6.62. The summed E-state index contributed by atoms with van der Waals surface area (Å²) in [6, 6.07) is 0. The van der Waals surface area contributed by atoms with Gasteiger partial charge in [-0.05, 0) is 0 Å². The minimum atomic E-state index is -1.31. The van der Waals surface area contributed by atoms with E-state index in [2.05, 4.69) is 13.8 Å². The van der Waals surface area contributed by atoms with Crippen molar-refractivity contribution in [3.05, 3.63) is 6.92 Å². The molecule has 13 heavy (non-hydrogen) atoms. The fourth-order valence-electron chi connectivity index (χ4n) is 0.129. The Hall–Kier alpha value is 0.537. The monoisotopic (exact) mass is 192 g/mol. The number of unbranched alkanes of at least 4 members (excludes halogenated alkanes) is 1. The number of hydrogen-bond donors (Lipinski definition) is 2. The van der Waals surface area contributed by atoms with E-state index >= 15 is 0 Å². The summed E-state index contributed by atoms with van der Waals surface area (Å²) in [6.45, 7) is 5.72. The summed E-state index contributed by atoms with van der Waals surface area (Å²) in [5.74, 6) is -2.62. The van der Waals surface area contributed by atoms with Crippen molar-refractivity contribution in [3.63, 3.8) is 0 Å². The molecule has 0 unspecified atom stereocenters. The summed E-state index contributed by atoms with van der Waals surface area (Å²) in [5, 5.41) is 15.4. The molecular weight excluding hydrogens is 178 g/mol. The van der Waals surface area contributed by atoms with Crippen LogP contribution in [0.2, 0.25) is 0 Å². The van der Waals surface area contributed by atoms with Crippen LogP contribution >= 0.6 is 0 Å². The van der Waals surface area contributed by atoms with Crippen molar-refractivity contribution in [1.29, 1.82) is 0 Å². The van der Waals surface area contributed by atoms with Gasteiger partial charge in [0.1, 0.15) is 6.42 Å². The maximum atomic E-state index is 9.43. The second-order valence-corrected chi connectivity index (χ2v) is 1.82. The van der Waals surface area contributed by atoms with Crippen molar-refractivity contribution in [2.75, 3.05) is 0 Å².